The lowest BCUT2D eigenvalue weighted by molar-refractivity contribution is 1.17. The lowest BCUT2D eigenvalue weighted by Gasteiger charge is -2.20. The summed E-state index contributed by atoms with van der Waals surface area (Å²) in [4.78, 5) is 4.52. The molecule has 0 saturated carbocycles. The molecule has 1 aliphatic rings. The molecule has 2 nitrogen and oxygen atoms in total. The second kappa shape index (κ2) is 10.9. The second-order valence-corrected chi connectivity index (χ2v) is 13.5. The van der Waals surface area contributed by atoms with Crippen LogP contribution in [0.1, 0.15) is 0 Å². The molecule has 0 radical (unpaired) electrons. The van der Waals surface area contributed by atoms with E-state index in [1.165, 1.54) is 93.5 Å². The zero-order valence-electron chi connectivity index (χ0n) is 27.7. The van der Waals surface area contributed by atoms with Crippen molar-refractivity contribution in [2.24, 2.45) is 0 Å². The van der Waals surface area contributed by atoms with Crippen LogP contribution in [0.25, 0.3) is 105 Å². The maximum atomic E-state index is 4.52. The Hall–Kier alpha value is -6.77. The van der Waals surface area contributed by atoms with Crippen LogP contribution in [0.5, 0.6) is 0 Å². The molecule has 0 atom stereocenters. The fraction of sp³-hybridized carbons (Fsp3) is 0. The smallest absolute Gasteiger partial charge is 0.0724 e. The first-order valence-corrected chi connectivity index (χ1v) is 17.6. The summed E-state index contributed by atoms with van der Waals surface area (Å²) in [6.07, 6.45) is 3.87. The highest BCUT2D eigenvalue weighted by Gasteiger charge is 2.31. The SMILES string of the molecule is c1ccc(-c2c3c(c(-c4ccccc4)c4ccccc24)-c2ccc(-c4cccc(-n5c6ccccc6c6ccncc65)c4)c4cccc-3c24)cc1. The van der Waals surface area contributed by atoms with Crippen molar-refractivity contribution in [1.29, 1.82) is 0 Å². The first-order chi connectivity index (χ1) is 25.3. The molecule has 2 heteroatoms. The molecule has 11 rings (SSSR count). The van der Waals surface area contributed by atoms with E-state index in [1.807, 2.05) is 12.4 Å². The van der Waals surface area contributed by atoms with Crippen LogP contribution in [0, 0.1) is 0 Å². The molecule has 2 heterocycles. The lowest BCUT2D eigenvalue weighted by atomic mass is 9.82. The Labute approximate surface area is 295 Å². The van der Waals surface area contributed by atoms with Crippen LogP contribution in [0.2, 0.25) is 0 Å². The van der Waals surface area contributed by atoms with Crippen LogP contribution < -0.4 is 0 Å². The van der Waals surface area contributed by atoms with Crippen molar-refractivity contribution >= 4 is 43.4 Å². The van der Waals surface area contributed by atoms with E-state index in [9.17, 15) is 0 Å². The van der Waals surface area contributed by atoms with E-state index in [1.54, 1.807) is 0 Å². The van der Waals surface area contributed by atoms with E-state index in [2.05, 4.69) is 179 Å². The number of rotatable bonds is 4. The Balaban J connectivity index is 1.20. The minimum atomic E-state index is 1.11. The van der Waals surface area contributed by atoms with Gasteiger partial charge in [-0.25, -0.2) is 0 Å². The third-order valence-electron chi connectivity index (χ3n) is 10.8. The summed E-state index contributed by atoms with van der Waals surface area (Å²) in [7, 11) is 0. The minimum absolute atomic E-state index is 1.11. The molecule has 0 bridgehead atoms. The maximum absolute atomic E-state index is 4.52. The molecule has 8 aromatic carbocycles. The van der Waals surface area contributed by atoms with Crippen molar-refractivity contribution in [2.75, 3.05) is 0 Å². The van der Waals surface area contributed by atoms with Crippen LogP contribution >= 0.6 is 0 Å². The molecular formula is C49H30N2. The van der Waals surface area contributed by atoms with Crippen molar-refractivity contribution in [2.45, 2.75) is 0 Å². The summed E-state index contributed by atoms with van der Waals surface area (Å²) in [5.41, 5.74) is 16.2. The summed E-state index contributed by atoms with van der Waals surface area (Å²) >= 11 is 0. The molecule has 0 amide bonds. The highest BCUT2D eigenvalue weighted by Crippen LogP contribution is 2.58. The van der Waals surface area contributed by atoms with Gasteiger partial charge in [0.25, 0.3) is 0 Å². The number of aromatic nitrogens is 2. The average molecular weight is 647 g/mol. The molecule has 0 spiro atoms. The van der Waals surface area contributed by atoms with Gasteiger partial charge < -0.3 is 4.57 Å². The Morgan fingerprint density at radius 3 is 1.63 bits per heavy atom. The molecule has 0 unspecified atom stereocenters. The Kier molecular flexibility index (Phi) is 5.99. The Morgan fingerprint density at radius 1 is 0.353 bits per heavy atom. The minimum Gasteiger partial charge on any atom is -0.308 e. The lowest BCUT2D eigenvalue weighted by Crippen LogP contribution is -1.94. The number of fused-ring (bicyclic) bond motifs is 7. The van der Waals surface area contributed by atoms with Gasteiger partial charge in [0.05, 0.1) is 17.2 Å². The van der Waals surface area contributed by atoms with Crippen molar-refractivity contribution in [3.8, 4) is 61.3 Å². The number of para-hydroxylation sites is 1. The summed E-state index contributed by atoms with van der Waals surface area (Å²) in [6.45, 7) is 0. The molecule has 0 saturated heterocycles. The molecule has 10 aromatic rings. The zero-order chi connectivity index (χ0) is 33.5. The first-order valence-electron chi connectivity index (χ1n) is 17.6. The number of hydrogen-bond acceptors (Lipinski definition) is 1. The predicted octanol–water partition coefficient (Wildman–Crippen LogP) is 13.1. The number of pyridine rings is 1. The van der Waals surface area contributed by atoms with E-state index in [4.69, 9.17) is 0 Å². The van der Waals surface area contributed by atoms with E-state index in [0.717, 1.165) is 11.2 Å². The van der Waals surface area contributed by atoms with Crippen LogP contribution in [-0.4, -0.2) is 9.55 Å². The molecule has 51 heavy (non-hydrogen) atoms. The van der Waals surface area contributed by atoms with Crippen molar-refractivity contribution in [1.82, 2.24) is 9.55 Å². The standard InChI is InChI=1S/C49H30N2/c1-3-13-31(14-4-1)45-39-20-7-8-21-40(39)46(32-15-5-2-6-16-32)49-42-26-25-35(38-22-12-23-41(47(38)42)48(45)49)33-17-11-18-34(29-33)51-43-24-10-9-19-36(43)37-27-28-50-30-44(37)51/h1-30H. The van der Waals surface area contributed by atoms with E-state index in [-0.39, 0.29) is 0 Å². The third-order valence-corrected chi connectivity index (χ3v) is 10.8. The molecule has 1 aliphatic carbocycles. The van der Waals surface area contributed by atoms with Gasteiger partial charge in [-0.2, -0.15) is 0 Å². The quantitative estimate of drug-likeness (QED) is 0.186. The first kappa shape index (κ1) is 28.1. The fourth-order valence-electron chi connectivity index (χ4n) is 8.77. The van der Waals surface area contributed by atoms with Crippen LogP contribution in [0.3, 0.4) is 0 Å². The van der Waals surface area contributed by atoms with Gasteiger partial charge in [-0.15, -0.1) is 0 Å². The van der Waals surface area contributed by atoms with Gasteiger partial charge in [0, 0.05) is 22.7 Å². The van der Waals surface area contributed by atoms with E-state index < -0.39 is 0 Å². The average Bonchev–Trinajstić information content (AvgIpc) is 3.72. The van der Waals surface area contributed by atoms with E-state index >= 15 is 0 Å². The van der Waals surface area contributed by atoms with Gasteiger partial charge in [-0.1, -0.05) is 146 Å². The van der Waals surface area contributed by atoms with Gasteiger partial charge in [0.1, 0.15) is 0 Å². The van der Waals surface area contributed by atoms with Gasteiger partial charge >= 0.3 is 0 Å². The molecule has 236 valence electrons. The van der Waals surface area contributed by atoms with E-state index in [0.29, 0.717) is 0 Å². The second-order valence-electron chi connectivity index (χ2n) is 13.5. The van der Waals surface area contributed by atoms with Gasteiger partial charge in [-0.05, 0) is 101 Å². The summed E-state index contributed by atoms with van der Waals surface area (Å²) in [5.74, 6) is 0. The summed E-state index contributed by atoms with van der Waals surface area (Å²) in [5, 5.41) is 7.59. The molecular weight excluding hydrogens is 617 g/mol. The normalized spacial score (nSPS) is 11.9. The summed E-state index contributed by atoms with van der Waals surface area (Å²) < 4.78 is 2.35. The van der Waals surface area contributed by atoms with Crippen molar-refractivity contribution in [3.63, 3.8) is 0 Å². The maximum Gasteiger partial charge on any atom is 0.0724 e. The monoisotopic (exact) mass is 646 g/mol. The fourth-order valence-corrected chi connectivity index (χ4v) is 8.77. The number of hydrogen-bond donors (Lipinski definition) is 0. The zero-order valence-corrected chi connectivity index (χ0v) is 27.7. The largest absolute Gasteiger partial charge is 0.308 e. The molecule has 0 N–H and O–H groups in total. The van der Waals surface area contributed by atoms with Gasteiger partial charge in [0.2, 0.25) is 0 Å². The van der Waals surface area contributed by atoms with Gasteiger partial charge in [0.15, 0.2) is 0 Å². The highest BCUT2D eigenvalue weighted by atomic mass is 15.0. The van der Waals surface area contributed by atoms with Crippen LogP contribution in [0.4, 0.5) is 0 Å². The highest BCUT2D eigenvalue weighted by molar-refractivity contribution is 6.28. The van der Waals surface area contributed by atoms with Crippen molar-refractivity contribution in [3.05, 3.63) is 182 Å². The predicted molar refractivity (Wildman–Crippen MR) is 214 cm³/mol. The Morgan fingerprint density at radius 2 is 0.902 bits per heavy atom. The summed E-state index contributed by atoms with van der Waals surface area (Å²) in [6, 6.07) is 62.2. The molecule has 0 aliphatic heterocycles. The topological polar surface area (TPSA) is 17.8 Å². The van der Waals surface area contributed by atoms with Crippen LogP contribution in [0.15, 0.2) is 182 Å². The Bertz CT molecular complexity index is 2860. The molecule has 2 aromatic heterocycles. The molecule has 0 fully saturated rings. The van der Waals surface area contributed by atoms with Crippen molar-refractivity contribution < 1.29 is 0 Å². The number of nitrogens with zero attached hydrogens (tertiary/aromatic N) is 2. The third kappa shape index (κ3) is 4.02. The number of benzene rings is 8. The van der Waals surface area contributed by atoms with Gasteiger partial charge in [-0.3, -0.25) is 4.98 Å². The van der Waals surface area contributed by atoms with Crippen LogP contribution in [-0.2, 0) is 0 Å².